The van der Waals surface area contributed by atoms with Crippen LogP contribution < -0.4 is 4.74 Å². The number of nitrogens with zero attached hydrogens (tertiary/aromatic N) is 2. The van der Waals surface area contributed by atoms with Gasteiger partial charge >= 0.3 is 0 Å². The first-order valence-corrected chi connectivity index (χ1v) is 20.9. The molecule has 0 saturated carbocycles. The van der Waals surface area contributed by atoms with Crippen LogP contribution in [0.15, 0.2) is 118 Å². The molecular formula is C36H29Cl2FN2O8S3. The molecule has 270 valence electrons. The predicted octanol–water partition coefficient (Wildman–Crippen LogP) is 7.31. The van der Waals surface area contributed by atoms with Crippen LogP contribution in [0.25, 0.3) is 0 Å². The second-order valence-corrected chi connectivity index (χ2v) is 18.6. The number of aromatic hydroxyl groups is 1. The molecule has 10 nitrogen and oxygen atoms in total. The third-order valence-electron chi connectivity index (χ3n) is 7.71. The minimum atomic E-state index is -4.63. The van der Waals surface area contributed by atoms with E-state index in [9.17, 15) is 40.0 Å². The molecule has 0 spiro atoms. The Morgan fingerprint density at radius 3 is 2.12 bits per heavy atom. The first-order valence-electron chi connectivity index (χ1n) is 15.2. The number of nitriles is 1. The minimum absolute atomic E-state index is 0.0425. The van der Waals surface area contributed by atoms with E-state index >= 15 is 0 Å². The van der Waals surface area contributed by atoms with Gasteiger partial charge in [0, 0.05) is 24.4 Å². The maximum atomic E-state index is 14.3. The van der Waals surface area contributed by atoms with Crippen LogP contribution in [0.1, 0.15) is 22.3 Å². The van der Waals surface area contributed by atoms with Crippen molar-refractivity contribution in [3.8, 4) is 23.3 Å². The molecule has 5 rings (SSSR count). The van der Waals surface area contributed by atoms with E-state index in [2.05, 4.69) is 0 Å². The largest absolute Gasteiger partial charge is 0.505 e. The Morgan fingerprint density at radius 2 is 1.42 bits per heavy atom. The van der Waals surface area contributed by atoms with E-state index < -0.39 is 46.2 Å². The molecule has 0 aromatic heterocycles. The van der Waals surface area contributed by atoms with Crippen LogP contribution >= 0.6 is 23.2 Å². The van der Waals surface area contributed by atoms with Crippen molar-refractivity contribution in [1.29, 1.82) is 5.26 Å². The fraction of sp³-hybridized carbons (Fsp3) is 0.139. The highest BCUT2D eigenvalue weighted by Gasteiger charge is 2.30. The molecule has 0 atom stereocenters. The second-order valence-electron chi connectivity index (χ2n) is 11.7. The third-order valence-corrected chi connectivity index (χ3v) is 12.8. The highest BCUT2D eigenvalue weighted by molar-refractivity contribution is 7.91. The number of sulfonamides is 1. The number of ether oxygens (including phenoxy) is 1. The van der Waals surface area contributed by atoms with Crippen LogP contribution in [-0.4, -0.2) is 46.7 Å². The lowest BCUT2D eigenvalue weighted by atomic mass is 10.1. The van der Waals surface area contributed by atoms with Gasteiger partial charge in [-0.15, -0.1) is 0 Å². The van der Waals surface area contributed by atoms with E-state index in [0.29, 0.717) is 16.7 Å². The predicted molar refractivity (Wildman–Crippen MR) is 194 cm³/mol. The van der Waals surface area contributed by atoms with Gasteiger partial charge in [-0.1, -0.05) is 47.5 Å². The molecule has 0 radical (unpaired) electrons. The summed E-state index contributed by atoms with van der Waals surface area (Å²) in [6.45, 7) is -0.767. The van der Waals surface area contributed by atoms with Crippen molar-refractivity contribution in [2.75, 3.05) is 12.0 Å². The zero-order valence-corrected chi connectivity index (χ0v) is 31.2. The van der Waals surface area contributed by atoms with Gasteiger partial charge in [0.25, 0.3) is 0 Å². The Labute approximate surface area is 311 Å². The van der Waals surface area contributed by atoms with E-state index in [4.69, 9.17) is 27.9 Å². The molecule has 0 aliphatic carbocycles. The maximum absolute atomic E-state index is 14.3. The van der Waals surface area contributed by atoms with Crippen LogP contribution in [0.5, 0.6) is 17.2 Å². The van der Waals surface area contributed by atoms with E-state index in [-0.39, 0.29) is 62.2 Å². The van der Waals surface area contributed by atoms with E-state index in [1.165, 1.54) is 84.9 Å². The van der Waals surface area contributed by atoms with Crippen LogP contribution in [0.2, 0.25) is 10.0 Å². The van der Waals surface area contributed by atoms with Gasteiger partial charge in [0.1, 0.15) is 22.2 Å². The number of hydrogen-bond acceptors (Lipinski definition) is 9. The first kappa shape index (κ1) is 38.7. The van der Waals surface area contributed by atoms with Gasteiger partial charge in [-0.3, -0.25) is 0 Å². The molecule has 16 heteroatoms. The van der Waals surface area contributed by atoms with Crippen LogP contribution in [0.4, 0.5) is 4.39 Å². The quantitative estimate of drug-likeness (QED) is 0.129. The van der Waals surface area contributed by atoms with Crippen LogP contribution in [0.3, 0.4) is 0 Å². The Morgan fingerprint density at radius 1 is 0.769 bits per heavy atom. The number of rotatable bonds is 13. The maximum Gasteiger partial charge on any atom is 0.247 e. The van der Waals surface area contributed by atoms with Gasteiger partial charge in [-0.05, 0) is 102 Å². The molecule has 5 aromatic rings. The first-order chi connectivity index (χ1) is 24.4. The number of sulfone groups is 2. The lowest BCUT2D eigenvalue weighted by Gasteiger charge is -2.24. The molecule has 0 amide bonds. The summed E-state index contributed by atoms with van der Waals surface area (Å²) in [5.41, 5.74) is 1.21. The Bertz CT molecular complexity index is 2530. The lowest BCUT2D eigenvalue weighted by molar-refractivity contribution is 0.393. The molecular weight excluding hydrogens is 775 g/mol. The van der Waals surface area contributed by atoms with Crippen molar-refractivity contribution in [3.05, 3.63) is 141 Å². The highest BCUT2D eigenvalue weighted by Crippen LogP contribution is 2.37. The van der Waals surface area contributed by atoms with E-state index in [1.807, 2.05) is 6.07 Å². The third kappa shape index (κ3) is 9.48. The van der Waals surface area contributed by atoms with Crippen molar-refractivity contribution >= 4 is 52.9 Å². The summed E-state index contributed by atoms with van der Waals surface area (Å²) in [7, 11) is -12.2. The number of benzene rings is 5. The molecule has 0 saturated heterocycles. The zero-order valence-electron chi connectivity index (χ0n) is 27.2. The summed E-state index contributed by atoms with van der Waals surface area (Å²) >= 11 is 12.2. The SMILES string of the molecule is CS(=O)(=O)c1cccc(CN(Cc2cc(CCS(=O)(=O)c3cccc(C#N)c3)cc(Oc3ccc(F)cc3)c2)S(=O)(=O)c2cc(Cl)cc(Cl)c2O)c1. The lowest BCUT2D eigenvalue weighted by Crippen LogP contribution is -2.30. The average Bonchev–Trinajstić information content (AvgIpc) is 3.09. The molecule has 0 heterocycles. The smallest absolute Gasteiger partial charge is 0.247 e. The standard InChI is InChI=1S/C36H29Cl2FN2O8S3/c1-50(43,44)32-6-3-5-26(18-32)22-41(52(47,48)35-20-28(37)19-34(38)36(35)42)23-27-14-24(15-31(16-27)49-30-10-8-29(39)9-11-30)12-13-51(45,46)33-7-2-4-25(17-33)21-40/h2-11,14-20,42H,12-13,22-23H2,1H3. The molecule has 0 bridgehead atoms. The van der Waals surface area contributed by atoms with Crippen molar-refractivity contribution in [2.24, 2.45) is 0 Å². The molecule has 0 fully saturated rings. The van der Waals surface area contributed by atoms with E-state index in [0.717, 1.165) is 16.6 Å². The van der Waals surface area contributed by atoms with Crippen molar-refractivity contribution in [3.63, 3.8) is 0 Å². The number of phenols is 1. The molecule has 52 heavy (non-hydrogen) atoms. The zero-order chi connectivity index (χ0) is 37.8. The van der Waals surface area contributed by atoms with Crippen molar-refractivity contribution < 1.29 is 39.5 Å². The van der Waals surface area contributed by atoms with Gasteiger partial charge in [0.15, 0.2) is 25.4 Å². The number of hydrogen-bond donors (Lipinski definition) is 1. The second kappa shape index (κ2) is 15.6. The topological polar surface area (TPSA) is 159 Å². The molecule has 5 aromatic carbocycles. The summed E-state index contributed by atoms with van der Waals surface area (Å²) in [5.74, 6) is -1.21. The Kier molecular flexibility index (Phi) is 11.6. The molecule has 0 aliphatic rings. The summed E-state index contributed by atoms with van der Waals surface area (Å²) in [5, 5.41) is 19.6. The van der Waals surface area contributed by atoms with E-state index in [1.54, 1.807) is 12.1 Å². The monoisotopic (exact) mass is 802 g/mol. The highest BCUT2D eigenvalue weighted by atomic mass is 35.5. The van der Waals surface area contributed by atoms with Gasteiger partial charge in [-0.2, -0.15) is 9.57 Å². The Balaban J connectivity index is 1.58. The molecule has 1 N–H and O–H groups in total. The Hall–Kier alpha value is -4.49. The van der Waals surface area contributed by atoms with Crippen molar-refractivity contribution in [2.45, 2.75) is 34.2 Å². The fourth-order valence-corrected chi connectivity index (χ4v) is 9.36. The van der Waals surface area contributed by atoms with Crippen LogP contribution in [-0.2, 0) is 49.2 Å². The minimum Gasteiger partial charge on any atom is -0.505 e. The van der Waals surface area contributed by atoms with Gasteiger partial charge in [0.2, 0.25) is 10.0 Å². The molecule has 0 unspecified atom stereocenters. The summed E-state index contributed by atoms with van der Waals surface area (Å²) in [6, 6.07) is 25.2. The molecule has 0 aliphatic heterocycles. The number of aryl methyl sites for hydroxylation is 1. The number of halogens is 3. The van der Waals surface area contributed by atoms with Gasteiger partial charge < -0.3 is 9.84 Å². The average molecular weight is 804 g/mol. The fourth-order valence-electron chi connectivity index (χ4n) is 5.18. The van der Waals surface area contributed by atoms with Crippen LogP contribution in [0, 0.1) is 17.1 Å². The van der Waals surface area contributed by atoms with Gasteiger partial charge in [0.05, 0.1) is 32.2 Å². The normalized spacial score (nSPS) is 12.1. The van der Waals surface area contributed by atoms with Crippen molar-refractivity contribution in [1.82, 2.24) is 4.31 Å². The van der Waals surface area contributed by atoms with Gasteiger partial charge in [-0.25, -0.2) is 29.6 Å². The number of phenolic OH excluding ortho intramolecular Hbond substituents is 1. The summed E-state index contributed by atoms with van der Waals surface area (Å²) in [4.78, 5) is -0.692. The summed E-state index contributed by atoms with van der Waals surface area (Å²) in [6.07, 6.45) is 0.960. The summed E-state index contributed by atoms with van der Waals surface area (Å²) < 4.78 is 100.